The number of nitrogens with one attached hydrogen (secondary N) is 1. The molecule has 1 heterocycles. The van der Waals surface area contributed by atoms with E-state index in [9.17, 15) is 9.59 Å². The number of benzene rings is 1. The normalized spacial score (nSPS) is 32.6. The van der Waals surface area contributed by atoms with E-state index in [0.29, 0.717) is 23.4 Å². The Hall–Kier alpha value is -1.88. The molecule has 2 aliphatic carbocycles. The summed E-state index contributed by atoms with van der Waals surface area (Å²) in [5.41, 5.74) is 8.73. The summed E-state index contributed by atoms with van der Waals surface area (Å²) in [6.07, 6.45) is 6.73. The van der Waals surface area contributed by atoms with Crippen molar-refractivity contribution in [3.63, 3.8) is 0 Å². The zero-order valence-electron chi connectivity index (χ0n) is 16.4. The van der Waals surface area contributed by atoms with Gasteiger partial charge in [-0.15, -0.1) is 0 Å². The lowest BCUT2D eigenvalue weighted by atomic mass is 9.84. The summed E-state index contributed by atoms with van der Waals surface area (Å²) in [6, 6.07) is 5.90. The van der Waals surface area contributed by atoms with Gasteiger partial charge in [-0.05, 0) is 88.0 Å². The zero-order chi connectivity index (χ0) is 19.1. The monoisotopic (exact) mass is 369 g/mol. The third kappa shape index (κ3) is 3.38. The van der Waals surface area contributed by atoms with E-state index in [1.54, 1.807) is 0 Å². The van der Waals surface area contributed by atoms with Gasteiger partial charge < -0.3 is 16.0 Å². The number of carbonyl (C=O) groups excluding carboxylic acids is 2. The molecule has 0 aromatic heterocycles. The number of rotatable bonds is 3. The third-order valence-electron chi connectivity index (χ3n) is 7.08. The molecule has 3 fully saturated rings. The quantitative estimate of drug-likeness (QED) is 0.858. The molecule has 2 bridgehead atoms. The maximum absolute atomic E-state index is 12.9. The van der Waals surface area contributed by atoms with E-state index in [1.165, 1.54) is 12.8 Å². The van der Waals surface area contributed by atoms with E-state index in [2.05, 4.69) is 12.2 Å². The van der Waals surface area contributed by atoms with Crippen molar-refractivity contribution < 1.29 is 9.59 Å². The lowest BCUT2D eigenvalue weighted by molar-refractivity contribution is -0.121. The molecule has 1 aliphatic heterocycles. The molecule has 1 aromatic rings. The van der Waals surface area contributed by atoms with Gasteiger partial charge in [0.25, 0.3) is 5.91 Å². The van der Waals surface area contributed by atoms with Crippen LogP contribution in [-0.2, 0) is 4.79 Å². The molecule has 146 valence electrons. The Morgan fingerprint density at radius 3 is 2.59 bits per heavy atom. The Morgan fingerprint density at radius 1 is 1.15 bits per heavy atom. The van der Waals surface area contributed by atoms with E-state index in [0.717, 1.165) is 43.5 Å². The zero-order valence-corrected chi connectivity index (χ0v) is 16.4. The van der Waals surface area contributed by atoms with Crippen LogP contribution in [0, 0.1) is 24.7 Å². The molecule has 5 nitrogen and oxygen atoms in total. The fourth-order valence-corrected chi connectivity index (χ4v) is 5.44. The van der Waals surface area contributed by atoms with E-state index in [1.807, 2.05) is 30.0 Å². The van der Waals surface area contributed by atoms with Gasteiger partial charge in [-0.1, -0.05) is 0 Å². The summed E-state index contributed by atoms with van der Waals surface area (Å²) in [5.74, 6) is 1.02. The first-order valence-corrected chi connectivity index (χ1v) is 10.4. The fraction of sp³-hybridized carbons (Fsp3) is 0.636. The van der Waals surface area contributed by atoms with Crippen LogP contribution >= 0.6 is 0 Å². The predicted molar refractivity (Wildman–Crippen MR) is 106 cm³/mol. The van der Waals surface area contributed by atoms with Gasteiger partial charge in [0.15, 0.2) is 0 Å². The molecule has 5 atom stereocenters. The highest BCUT2D eigenvalue weighted by atomic mass is 16.2. The smallest absolute Gasteiger partial charge is 0.254 e. The summed E-state index contributed by atoms with van der Waals surface area (Å²) in [5, 5.41) is 3.08. The highest BCUT2D eigenvalue weighted by Crippen LogP contribution is 2.48. The molecule has 5 unspecified atom stereocenters. The number of nitrogens with two attached hydrogens (primary N) is 1. The van der Waals surface area contributed by atoms with Crippen LogP contribution in [0.3, 0.4) is 0 Å². The molecule has 1 aromatic carbocycles. The highest BCUT2D eigenvalue weighted by Gasteiger charge is 2.49. The van der Waals surface area contributed by atoms with Gasteiger partial charge in [-0.25, -0.2) is 0 Å². The second-order valence-electron chi connectivity index (χ2n) is 8.80. The minimum atomic E-state index is -0.0707. The number of piperidine rings is 1. The number of amides is 2. The van der Waals surface area contributed by atoms with Crippen molar-refractivity contribution >= 4 is 17.5 Å². The van der Waals surface area contributed by atoms with Gasteiger partial charge >= 0.3 is 0 Å². The van der Waals surface area contributed by atoms with Gasteiger partial charge in [0.05, 0.1) is 5.92 Å². The number of hydrogen-bond donors (Lipinski definition) is 2. The molecule has 1 saturated heterocycles. The Kier molecular flexibility index (Phi) is 4.97. The Balaban J connectivity index is 1.46. The first-order chi connectivity index (χ1) is 13.0. The van der Waals surface area contributed by atoms with Crippen molar-refractivity contribution in [2.45, 2.75) is 64.5 Å². The molecular weight excluding hydrogens is 338 g/mol. The number of hydrogen-bond acceptors (Lipinski definition) is 3. The molecule has 2 saturated carbocycles. The molecule has 5 heteroatoms. The number of carbonyl (C=O) groups is 2. The number of likely N-dealkylation sites (tertiary alicyclic amines) is 1. The second kappa shape index (κ2) is 7.27. The van der Waals surface area contributed by atoms with Crippen molar-refractivity contribution in [3.8, 4) is 0 Å². The maximum atomic E-state index is 12.9. The van der Waals surface area contributed by atoms with Crippen LogP contribution in [0.2, 0.25) is 0 Å². The van der Waals surface area contributed by atoms with E-state index < -0.39 is 0 Å². The fourth-order valence-electron chi connectivity index (χ4n) is 5.44. The summed E-state index contributed by atoms with van der Waals surface area (Å²) >= 11 is 0. The van der Waals surface area contributed by atoms with Crippen LogP contribution in [0.25, 0.3) is 0 Å². The number of anilines is 1. The highest BCUT2D eigenvalue weighted by molar-refractivity contribution is 5.97. The summed E-state index contributed by atoms with van der Waals surface area (Å²) in [6.45, 7) is 4.91. The molecular formula is C22H31N3O2. The van der Waals surface area contributed by atoms with Crippen molar-refractivity contribution in [2.24, 2.45) is 23.5 Å². The maximum Gasteiger partial charge on any atom is 0.254 e. The molecule has 0 spiro atoms. The molecule has 0 radical (unpaired) electrons. The van der Waals surface area contributed by atoms with Crippen LogP contribution in [0.5, 0.6) is 0 Å². The molecule has 4 rings (SSSR count). The summed E-state index contributed by atoms with van der Waals surface area (Å²) < 4.78 is 0. The van der Waals surface area contributed by atoms with Crippen molar-refractivity contribution in [3.05, 3.63) is 29.3 Å². The van der Waals surface area contributed by atoms with Crippen molar-refractivity contribution in [1.82, 2.24) is 4.90 Å². The van der Waals surface area contributed by atoms with Crippen LogP contribution in [0.15, 0.2) is 18.2 Å². The predicted octanol–water partition coefficient (Wildman–Crippen LogP) is 3.32. The van der Waals surface area contributed by atoms with Gasteiger partial charge in [-0.2, -0.15) is 0 Å². The average molecular weight is 370 g/mol. The lowest BCUT2D eigenvalue weighted by Gasteiger charge is -2.33. The third-order valence-corrected chi connectivity index (χ3v) is 7.08. The van der Waals surface area contributed by atoms with Gasteiger partial charge in [0, 0.05) is 29.9 Å². The Bertz CT molecular complexity index is 745. The van der Waals surface area contributed by atoms with Crippen molar-refractivity contribution in [2.75, 3.05) is 11.9 Å². The topological polar surface area (TPSA) is 75.4 Å². The van der Waals surface area contributed by atoms with E-state index in [-0.39, 0.29) is 23.8 Å². The van der Waals surface area contributed by atoms with Crippen LogP contribution in [0.1, 0.15) is 61.4 Å². The summed E-state index contributed by atoms with van der Waals surface area (Å²) in [4.78, 5) is 27.6. The minimum absolute atomic E-state index is 0.00880. The standard InChI is InChI=1S/C22H31N3O2/c1-13-11-17(22(27)25-10-4-3-5-14(25)2)8-9-18(13)24-21(26)19-15-6-7-16(12-15)20(19)23/h8-9,11,14-16,19-20H,3-7,10,12,23H2,1-2H3,(H,24,26). The van der Waals surface area contributed by atoms with E-state index in [4.69, 9.17) is 5.73 Å². The summed E-state index contributed by atoms with van der Waals surface area (Å²) in [7, 11) is 0. The SMILES string of the molecule is Cc1cc(C(=O)N2CCCCC2C)ccc1NC(=O)C1C2CCC(C2)C1N. The minimum Gasteiger partial charge on any atom is -0.336 e. The number of fused-ring (bicyclic) bond motifs is 2. The van der Waals surface area contributed by atoms with Crippen LogP contribution in [-0.4, -0.2) is 35.3 Å². The van der Waals surface area contributed by atoms with Gasteiger partial charge in [0.1, 0.15) is 0 Å². The Morgan fingerprint density at radius 2 is 1.93 bits per heavy atom. The average Bonchev–Trinajstić information content (AvgIpc) is 3.24. The second-order valence-corrected chi connectivity index (χ2v) is 8.80. The van der Waals surface area contributed by atoms with Crippen molar-refractivity contribution in [1.29, 1.82) is 0 Å². The molecule has 3 aliphatic rings. The number of nitrogens with zero attached hydrogens (tertiary/aromatic N) is 1. The first-order valence-electron chi connectivity index (χ1n) is 10.4. The van der Waals surface area contributed by atoms with E-state index >= 15 is 0 Å². The molecule has 2 amide bonds. The van der Waals surface area contributed by atoms with Crippen LogP contribution < -0.4 is 11.1 Å². The van der Waals surface area contributed by atoms with Crippen LogP contribution in [0.4, 0.5) is 5.69 Å². The number of aryl methyl sites for hydroxylation is 1. The van der Waals surface area contributed by atoms with Gasteiger partial charge in [0.2, 0.25) is 5.91 Å². The lowest BCUT2D eigenvalue weighted by Crippen LogP contribution is -2.42. The molecule has 3 N–H and O–H groups in total. The van der Waals surface area contributed by atoms with Gasteiger partial charge in [-0.3, -0.25) is 9.59 Å². The Labute approximate surface area is 161 Å². The molecule has 27 heavy (non-hydrogen) atoms. The largest absolute Gasteiger partial charge is 0.336 e. The first kappa shape index (κ1) is 18.5.